The molecule has 0 radical (unpaired) electrons. The van der Waals surface area contributed by atoms with Crippen LogP contribution in [0.25, 0.3) is 22.3 Å². The lowest BCUT2D eigenvalue weighted by Crippen LogP contribution is -2.14. The molecule has 0 saturated heterocycles. The molecule has 3 rings (SSSR count). The molecule has 0 atom stereocenters. The van der Waals surface area contributed by atoms with Crippen molar-refractivity contribution >= 4 is 22.5 Å². The number of hydrogen-bond donors (Lipinski definition) is 2. The van der Waals surface area contributed by atoms with E-state index in [0.29, 0.717) is 22.6 Å². The summed E-state index contributed by atoms with van der Waals surface area (Å²) in [5, 5.41) is 0.923. The number of para-hydroxylation sites is 1. The Kier molecular flexibility index (Phi) is 2.80. The Morgan fingerprint density at radius 2 is 1.85 bits per heavy atom. The van der Waals surface area contributed by atoms with Gasteiger partial charge in [0.25, 0.3) is 0 Å². The smallest absolute Gasteiger partial charge is 0.249 e. The largest absolute Gasteiger partial charge is 0.398 e. The summed E-state index contributed by atoms with van der Waals surface area (Å²) < 4.78 is 0. The molecule has 20 heavy (non-hydrogen) atoms. The maximum Gasteiger partial charge on any atom is 0.249 e. The molecule has 0 bridgehead atoms. The number of amides is 1. The molecular weight excluding hydrogens is 252 g/mol. The molecule has 3 aromatic rings. The van der Waals surface area contributed by atoms with Crippen molar-refractivity contribution in [2.75, 3.05) is 5.73 Å². The monoisotopic (exact) mass is 264 g/mol. The number of nitrogens with zero attached hydrogens (tertiary/aromatic N) is 2. The lowest BCUT2D eigenvalue weighted by molar-refractivity contribution is 0.100. The van der Waals surface area contributed by atoms with Crippen LogP contribution in [-0.4, -0.2) is 15.9 Å². The van der Waals surface area contributed by atoms with Gasteiger partial charge in [-0.25, -0.2) is 9.97 Å². The first kappa shape index (κ1) is 12.1. The van der Waals surface area contributed by atoms with Crippen LogP contribution in [0.3, 0.4) is 0 Å². The third-order valence-corrected chi connectivity index (χ3v) is 3.07. The molecule has 1 heterocycles. The number of rotatable bonds is 2. The Morgan fingerprint density at radius 3 is 2.65 bits per heavy atom. The van der Waals surface area contributed by atoms with Gasteiger partial charge in [-0.05, 0) is 18.2 Å². The lowest BCUT2D eigenvalue weighted by Gasteiger charge is -2.09. The number of anilines is 1. The van der Waals surface area contributed by atoms with E-state index < -0.39 is 5.91 Å². The summed E-state index contributed by atoms with van der Waals surface area (Å²) in [7, 11) is 0. The van der Waals surface area contributed by atoms with Gasteiger partial charge in [0.1, 0.15) is 0 Å². The number of carbonyl (C=O) groups excluding carboxylic acids is 1. The zero-order chi connectivity index (χ0) is 14.1. The van der Waals surface area contributed by atoms with Gasteiger partial charge in [0, 0.05) is 17.3 Å². The molecule has 2 aromatic carbocycles. The van der Waals surface area contributed by atoms with Crippen molar-refractivity contribution in [3.8, 4) is 11.4 Å². The summed E-state index contributed by atoms with van der Waals surface area (Å²) in [6.07, 6.45) is 1.70. The summed E-state index contributed by atoms with van der Waals surface area (Å²) in [5.41, 5.74) is 13.3. The van der Waals surface area contributed by atoms with Crippen molar-refractivity contribution in [2.45, 2.75) is 0 Å². The van der Waals surface area contributed by atoms with Gasteiger partial charge in [0.15, 0.2) is 5.82 Å². The fraction of sp³-hybridized carbons (Fsp3) is 0. The molecular formula is C15H12N4O. The summed E-state index contributed by atoms with van der Waals surface area (Å²) in [6, 6.07) is 12.6. The fourth-order valence-corrected chi connectivity index (χ4v) is 2.12. The Morgan fingerprint density at radius 1 is 1.05 bits per heavy atom. The van der Waals surface area contributed by atoms with Gasteiger partial charge >= 0.3 is 0 Å². The van der Waals surface area contributed by atoms with E-state index in [1.54, 1.807) is 24.4 Å². The molecule has 5 heteroatoms. The third kappa shape index (κ3) is 1.95. The summed E-state index contributed by atoms with van der Waals surface area (Å²) in [4.78, 5) is 20.3. The SMILES string of the molecule is NC(=O)c1cccc(N)c1-c1ncc2ccccc2n1. The highest BCUT2D eigenvalue weighted by Crippen LogP contribution is 2.27. The number of nitrogens with two attached hydrogens (primary N) is 2. The van der Waals surface area contributed by atoms with Gasteiger partial charge in [-0.15, -0.1) is 0 Å². The van der Waals surface area contributed by atoms with Crippen molar-refractivity contribution in [3.63, 3.8) is 0 Å². The quantitative estimate of drug-likeness (QED) is 0.692. The van der Waals surface area contributed by atoms with Crippen LogP contribution in [0.5, 0.6) is 0 Å². The highest BCUT2D eigenvalue weighted by molar-refractivity contribution is 6.02. The van der Waals surface area contributed by atoms with Crippen LogP contribution in [0.1, 0.15) is 10.4 Å². The second kappa shape index (κ2) is 4.62. The van der Waals surface area contributed by atoms with Crippen LogP contribution in [0.4, 0.5) is 5.69 Å². The topological polar surface area (TPSA) is 94.9 Å². The maximum absolute atomic E-state index is 11.5. The van der Waals surface area contributed by atoms with E-state index in [9.17, 15) is 4.79 Å². The minimum atomic E-state index is -0.552. The Balaban J connectivity index is 2.28. The molecule has 0 fully saturated rings. The van der Waals surface area contributed by atoms with E-state index in [2.05, 4.69) is 9.97 Å². The molecule has 1 amide bonds. The fourth-order valence-electron chi connectivity index (χ4n) is 2.12. The number of benzene rings is 2. The van der Waals surface area contributed by atoms with Gasteiger partial charge in [0.05, 0.1) is 16.6 Å². The molecule has 0 aliphatic rings. The van der Waals surface area contributed by atoms with Gasteiger partial charge < -0.3 is 11.5 Å². The normalized spacial score (nSPS) is 10.6. The van der Waals surface area contributed by atoms with E-state index in [0.717, 1.165) is 10.9 Å². The number of hydrogen-bond acceptors (Lipinski definition) is 4. The molecule has 0 saturated carbocycles. The minimum absolute atomic E-state index is 0.320. The van der Waals surface area contributed by atoms with E-state index in [-0.39, 0.29) is 0 Å². The predicted molar refractivity (Wildman–Crippen MR) is 77.9 cm³/mol. The number of primary amides is 1. The van der Waals surface area contributed by atoms with Crippen LogP contribution in [0.2, 0.25) is 0 Å². The minimum Gasteiger partial charge on any atom is -0.398 e. The highest BCUT2D eigenvalue weighted by atomic mass is 16.1. The highest BCUT2D eigenvalue weighted by Gasteiger charge is 2.15. The van der Waals surface area contributed by atoms with Gasteiger partial charge in [-0.2, -0.15) is 0 Å². The van der Waals surface area contributed by atoms with Crippen LogP contribution in [0, 0.1) is 0 Å². The average molecular weight is 264 g/mol. The van der Waals surface area contributed by atoms with Gasteiger partial charge in [-0.1, -0.05) is 24.3 Å². The summed E-state index contributed by atoms with van der Waals surface area (Å²) in [5.74, 6) is -0.153. The van der Waals surface area contributed by atoms with Crippen molar-refractivity contribution < 1.29 is 4.79 Å². The molecule has 4 N–H and O–H groups in total. The lowest BCUT2D eigenvalue weighted by atomic mass is 10.0. The second-order valence-electron chi connectivity index (χ2n) is 4.39. The number of aromatic nitrogens is 2. The van der Waals surface area contributed by atoms with E-state index in [1.807, 2.05) is 24.3 Å². The molecule has 0 spiro atoms. The first-order chi connectivity index (χ1) is 9.66. The molecule has 0 aliphatic heterocycles. The first-order valence-corrected chi connectivity index (χ1v) is 6.07. The Labute approximate surface area is 115 Å². The zero-order valence-electron chi connectivity index (χ0n) is 10.6. The average Bonchev–Trinajstić information content (AvgIpc) is 2.46. The van der Waals surface area contributed by atoms with Crippen molar-refractivity contribution in [1.82, 2.24) is 9.97 Å². The van der Waals surface area contributed by atoms with Gasteiger partial charge in [0.2, 0.25) is 5.91 Å². The molecule has 0 aliphatic carbocycles. The Hall–Kier alpha value is -2.95. The van der Waals surface area contributed by atoms with E-state index >= 15 is 0 Å². The molecule has 0 unspecified atom stereocenters. The van der Waals surface area contributed by atoms with E-state index in [1.165, 1.54) is 0 Å². The van der Waals surface area contributed by atoms with Crippen LogP contribution in [-0.2, 0) is 0 Å². The summed E-state index contributed by atoms with van der Waals surface area (Å²) in [6.45, 7) is 0. The van der Waals surface area contributed by atoms with Crippen molar-refractivity contribution in [1.29, 1.82) is 0 Å². The van der Waals surface area contributed by atoms with E-state index in [4.69, 9.17) is 11.5 Å². The molecule has 98 valence electrons. The maximum atomic E-state index is 11.5. The van der Waals surface area contributed by atoms with Crippen LogP contribution < -0.4 is 11.5 Å². The second-order valence-corrected chi connectivity index (χ2v) is 4.39. The molecule has 1 aromatic heterocycles. The van der Waals surface area contributed by atoms with Crippen LogP contribution >= 0.6 is 0 Å². The zero-order valence-corrected chi connectivity index (χ0v) is 10.6. The van der Waals surface area contributed by atoms with Crippen molar-refractivity contribution in [2.24, 2.45) is 5.73 Å². The number of nitrogen functional groups attached to an aromatic ring is 1. The molecule has 5 nitrogen and oxygen atoms in total. The first-order valence-electron chi connectivity index (χ1n) is 6.07. The van der Waals surface area contributed by atoms with Crippen molar-refractivity contribution in [3.05, 3.63) is 54.2 Å². The third-order valence-electron chi connectivity index (χ3n) is 3.07. The standard InChI is InChI=1S/C15H12N4O/c16-11-6-3-5-10(14(17)20)13(11)15-18-8-9-4-1-2-7-12(9)19-15/h1-8H,16H2,(H2,17,20). The van der Waals surface area contributed by atoms with Gasteiger partial charge in [-0.3, -0.25) is 4.79 Å². The Bertz CT molecular complexity index is 814. The number of carbonyl (C=O) groups is 1. The van der Waals surface area contributed by atoms with Crippen LogP contribution in [0.15, 0.2) is 48.7 Å². The summed E-state index contributed by atoms with van der Waals surface area (Å²) >= 11 is 0. The number of fused-ring (bicyclic) bond motifs is 1. The predicted octanol–water partition coefficient (Wildman–Crippen LogP) is 1.98.